The van der Waals surface area contributed by atoms with Gasteiger partial charge in [0, 0.05) is 32.5 Å². The number of ether oxygens (including phenoxy) is 1. The van der Waals surface area contributed by atoms with Gasteiger partial charge in [0.25, 0.3) is 5.91 Å². The molecule has 0 unspecified atom stereocenters. The van der Waals surface area contributed by atoms with Crippen LogP contribution in [0.5, 0.6) is 0 Å². The maximum absolute atomic E-state index is 12.2. The summed E-state index contributed by atoms with van der Waals surface area (Å²) >= 11 is 1.39. The highest BCUT2D eigenvalue weighted by molar-refractivity contribution is 8.03. The molecule has 138 valence electrons. The van der Waals surface area contributed by atoms with E-state index in [1.807, 2.05) is 58.2 Å². The fourth-order valence-electron chi connectivity index (χ4n) is 1.83. The fraction of sp³-hybridized carbons (Fsp3) is 0.444. The number of alkyl carbamates (subject to hydrolysis) is 1. The molecule has 7 heteroatoms. The van der Waals surface area contributed by atoms with Gasteiger partial charge in [-0.15, -0.1) is 11.8 Å². The van der Waals surface area contributed by atoms with Crippen LogP contribution >= 0.6 is 11.8 Å². The molecule has 6 nitrogen and oxygen atoms in total. The first-order valence-corrected chi connectivity index (χ1v) is 9.12. The number of nitrogens with one attached hydrogen (secondary N) is 2. The number of hydrogen-bond donors (Lipinski definition) is 2. The van der Waals surface area contributed by atoms with Crippen molar-refractivity contribution in [2.24, 2.45) is 0 Å². The Morgan fingerprint density at radius 2 is 1.80 bits per heavy atom. The van der Waals surface area contributed by atoms with Crippen molar-refractivity contribution in [1.82, 2.24) is 10.2 Å². The Bertz CT molecular complexity index is 619. The lowest BCUT2D eigenvalue weighted by Crippen LogP contribution is -2.32. The molecule has 0 spiro atoms. The Labute approximate surface area is 154 Å². The summed E-state index contributed by atoms with van der Waals surface area (Å²) in [4.78, 5) is 26.3. The molecule has 0 aromatic heterocycles. The van der Waals surface area contributed by atoms with E-state index in [4.69, 9.17) is 4.74 Å². The molecule has 0 radical (unpaired) electrons. The molecule has 0 saturated heterocycles. The number of thioether (sulfide) groups is 1. The van der Waals surface area contributed by atoms with Gasteiger partial charge in [-0.2, -0.15) is 0 Å². The van der Waals surface area contributed by atoms with E-state index in [1.54, 1.807) is 18.3 Å². The summed E-state index contributed by atoms with van der Waals surface area (Å²) in [5, 5.41) is 5.55. The van der Waals surface area contributed by atoms with Crippen LogP contribution in [-0.2, 0) is 16.1 Å². The molecule has 1 aromatic carbocycles. The lowest BCUT2D eigenvalue weighted by Gasteiger charge is -2.19. The summed E-state index contributed by atoms with van der Waals surface area (Å²) in [5.74, 6) is -0.152. The number of carbonyl (C=O) groups excluding carboxylic acids is 2. The zero-order valence-electron chi connectivity index (χ0n) is 15.7. The van der Waals surface area contributed by atoms with Crippen molar-refractivity contribution in [3.05, 3.63) is 40.9 Å². The second kappa shape index (κ2) is 9.36. The van der Waals surface area contributed by atoms with Crippen LogP contribution in [0.25, 0.3) is 0 Å². The van der Waals surface area contributed by atoms with E-state index in [9.17, 15) is 9.59 Å². The van der Waals surface area contributed by atoms with Crippen LogP contribution in [0.2, 0.25) is 0 Å². The average molecular weight is 365 g/mol. The highest BCUT2D eigenvalue weighted by atomic mass is 32.2. The van der Waals surface area contributed by atoms with E-state index in [0.29, 0.717) is 17.1 Å². The van der Waals surface area contributed by atoms with Crippen molar-refractivity contribution in [2.75, 3.05) is 25.7 Å². The second-order valence-electron chi connectivity index (χ2n) is 6.67. The number of anilines is 1. The lowest BCUT2D eigenvalue weighted by molar-refractivity contribution is -0.112. The van der Waals surface area contributed by atoms with Crippen LogP contribution in [-0.4, -0.2) is 42.9 Å². The number of amides is 2. The van der Waals surface area contributed by atoms with E-state index in [0.717, 1.165) is 5.56 Å². The normalized spacial score (nSPS) is 11.7. The van der Waals surface area contributed by atoms with Gasteiger partial charge in [-0.3, -0.25) is 4.79 Å². The summed E-state index contributed by atoms with van der Waals surface area (Å²) in [6.45, 7) is 5.81. The zero-order valence-corrected chi connectivity index (χ0v) is 16.5. The van der Waals surface area contributed by atoms with E-state index >= 15 is 0 Å². The Morgan fingerprint density at radius 3 is 2.28 bits per heavy atom. The summed E-state index contributed by atoms with van der Waals surface area (Å²) in [6.07, 6.45) is 3.18. The summed E-state index contributed by atoms with van der Waals surface area (Å²) in [7, 11) is 3.74. The molecular weight excluding hydrogens is 338 g/mol. The molecule has 0 fully saturated rings. The topological polar surface area (TPSA) is 70.7 Å². The monoisotopic (exact) mass is 365 g/mol. The van der Waals surface area contributed by atoms with Crippen molar-refractivity contribution in [3.63, 3.8) is 0 Å². The van der Waals surface area contributed by atoms with E-state index in [-0.39, 0.29) is 5.91 Å². The number of benzene rings is 1. The van der Waals surface area contributed by atoms with Gasteiger partial charge >= 0.3 is 6.09 Å². The second-order valence-corrected chi connectivity index (χ2v) is 7.52. The van der Waals surface area contributed by atoms with Crippen LogP contribution in [0.3, 0.4) is 0 Å². The molecule has 0 aliphatic carbocycles. The van der Waals surface area contributed by atoms with Crippen LogP contribution < -0.4 is 10.6 Å². The molecule has 25 heavy (non-hydrogen) atoms. The van der Waals surface area contributed by atoms with Crippen LogP contribution in [0.15, 0.2) is 35.4 Å². The van der Waals surface area contributed by atoms with Crippen LogP contribution in [0, 0.1) is 0 Å². The molecule has 2 amide bonds. The molecular formula is C18H27N3O3S. The maximum atomic E-state index is 12.2. The van der Waals surface area contributed by atoms with E-state index < -0.39 is 11.7 Å². The molecule has 0 saturated carbocycles. The maximum Gasteiger partial charge on any atom is 0.407 e. The van der Waals surface area contributed by atoms with E-state index in [1.165, 1.54) is 11.8 Å². The number of carbonyl (C=O) groups is 2. The predicted molar refractivity (Wildman–Crippen MR) is 103 cm³/mol. The largest absolute Gasteiger partial charge is 0.444 e. The highest BCUT2D eigenvalue weighted by Gasteiger charge is 2.15. The minimum absolute atomic E-state index is 0.152. The third-order valence-electron chi connectivity index (χ3n) is 2.87. The number of rotatable bonds is 6. The molecule has 0 aliphatic heterocycles. The Morgan fingerprint density at radius 1 is 1.20 bits per heavy atom. The van der Waals surface area contributed by atoms with Crippen LogP contribution in [0.1, 0.15) is 26.3 Å². The van der Waals surface area contributed by atoms with Gasteiger partial charge in [0.15, 0.2) is 0 Å². The Kier molecular flexibility index (Phi) is 7.83. The average Bonchev–Trinajstić information content (AvgIpc) is 2.50. The van der Waals surface area contributed by atoms with Crippen LogP contribution in [0.4, 0.5) is 10.5 Å². The third-order valence-corrected chi connectivity index (χ3v) is 3.60. The molecule has 0 aliphatic rings. The van der Waals surface area contributed by atoms with Gasteiger partial charge in [0.1, 0.15) is 5.60 Å². The van der Waals surface area contributed by atoms with Crippen molar-refractivity contribution in [2.45, 2.75) is 32.9 Å². The van der Waals surface area contributed by atoms with E-state index in [2.05, 4.69) is 10.6 Å². The fourth-order valence-corrected chi connectivity index (χ4v) is 2.38. The third kappa shape index (κ3) is 8.49. The van der Waals surface area contributed by atoms with Crippen molar-refractivity contribution < 1.29 is 14.3 Å². The van der Waals surface area contributed by atoms with Gasteiger partial charge in [-0.05, 0) is 44.7 Å². The smallest absolute Gasteiger partial charge is 0.407 e. The molecule has 0 bridgehead atoms. The molecule has 0 atom stereocenters. The molecule has 1 rings (SSSR count). The summed E-state index contributed by atoms with van der Waals surface area (Å²) in [6, 6.07) is 7.30. The van der Waals surface area contributed by atoms with Crippen molar-refractivity contribution >= 4 is 29.4 Å². The van der Waals surface area contributed by atoms with Gasteiger partial charge in [0.05, 0.1) is 4.91 Å². The van der Waals surface area contributed by atoms with Gasteiger partial charge in [0.2, 0.25) is 0 Å². The Hall–Kier alpha value is -2.15. The van der Waals surface area contributed by atoms with Crippen molar-refractivity contribution in [1.29, 1.82) is 0 Å². The standard InChI is InChI=1S/C18H27N3O3S/c1-18(2,3)24-17(23)19-11-13-7-9-14(10-8-13)20-16(22)15(25-6)12-21(4)5/h7-10,12H,11H2,1-6H3,(H,19,23)(H,20,22)/b15-12-. The summed E-state index contributed by atoms with van der Waals surface area (Å²) < 4.78 is 5.19. The molecule has 2 N–H and O–H groups in total. The van der Waals surface area contributed by atoms with Gasteiger partial charge < -0.3 is 20.3 Å². The Balaban J connectivity index is 2.59. The first kappa shape index (κ1) is 20.9. The zero-order chi connectivity index (χ0) is 19.0. The minimum atomic E-state index is -0.521. The first-order chi connectivity index (χ1) is 11.6. The minimum Gasteiger partial charge on any atom is -0.444 e. The quantitative estimate of drug-likeness (QED) is 0.756. The SMILES string of the molecule is CS/C(=C\N(C)C)C(=O)Nc1ccc(CNC(=O)OC(C)(C)C)cc1. The van der Waals surface area contributed by atoms with Crippen molar-refractivity contribution in [3.8, 4) is 0 Å². The molecule has 0 heterocycles. The number of hydrogen-bond acceptors (Lipinski definition) is 5. The summed E-state index contributed by atoms with van der Waals surface area (Å²) in [5.41, 5.74) is 1.09. The number of nitrogens with zero attached hydrogens (tertiary/aromatic N) is 1. The first-order valence-electron chi connectivity index (χ1n) is 7.90. The van der Waals surface area contributed by atoms with Gasteiger partial charge in [-0.25, -0.2) is 4.79 Å². The van der Waals surface area contributed by atoms with Gasteiger partial charge in [-0.1, -0.05) is 12.1 Å². The highest BCUT2D eigenvalue weighted by Crippen LogP contribution is 2.16. The lowest BCUT2D eigenvalue weighted by atomic mass is 10.2. The molecule has 1 aromatic rings. The predicted octanol–water partition coefficient (Wildman–Crippen LogP) is 3.42.